The second-order valence-corrected chi connectivity index (χ2v) is 4.38. The second kappa shape index (κ2) is 6.70. The number of benzene rings is 2. The highest BCUT2D eigenvalue weighted by Gasteiger charge is 2.11. The molecule has 0 bridgehead atoms. The minimum atomic E-state index is -1.11. The fourth-order valence-electron chi connectivity index (χ4n) is 1.95. The summed E-state index contributed by atoms with van der Waals surface area (Å²) < 4.78 is 18.6. The molecule has 2 aromatic carbocycles. The lowest BCUT2D eigenvalue weighted by Gasteiger charge is -2.06. The average Bonchev–Trinajstić information content (AvgIpc) is 2.45. The van der Waals surface area contributed by atoms with Gasteiger partial charge in [-0.2, -0.15) is 0 Å². The van der Waals surface area contributed by atoms with Crippen molar-refractivity contribution in [2.45, 2.75) is 6.92 Å². The second-order valence-electron chi connectivity index (χ2n) is 4.38. The Labute approximate surface area is 122 Å². The lowest BCUT2D eigenvalue weighted by atomic mass is 10.0. The van der Waals surface area contributed by atoms with Crippen LogP contribution < -0.4 is 4.74 Å². The predicted octanol–water partition coefficient (Wildman–Crippen LogP) is 3.85. The van der Waals surface area contributed by atoms with E-state index in [1.54, 1.807) is 30.3 Å². The summed E-state index contributed by atoms with van der Waals surface area (Å²) in [5.74, 6) is -0.916. The molecule has 21 heavy (non-hydrogen) atoms. The third-order valence-electron chi connectivity index (χ3n) is 2.85. The molecule has 2 aromatic rings. The van der Waals surface area contributed by atoms with Crippen molar-refractivity contribution in [2.75, 3.05) is 6.61 Å². The van der Waals surface area contributed by atoms with E-state index < -0.39 is 11.8 Å². The number of rotatable bonds is 5. The molecule has 2 rings (SSSR count). The zero-order valence-electron chi connectivity index (χ0n) is 11.5. The maximum Gasteiger partial charge on any atom is 0.336 e. The standard InChI is InChI=1S/C17H15FO3/c1-2-21-15-8-3-5-12(9-15)10-16(17(19)20)13-6-4-7-14(18)11-13/h3-11H,2H2,1H3,(H,19,20)/b16-10+. The number of aliphatic carboxylic acids is 1. The molecule has 0 aliphatic rings. The zero-order valence-corrected chi connectivity index (χ0v) is 11.5. The molecule has 0 saturated carbocycles. The van der Waals surface area contributed by atoms with Gasteiger partial charge in [-0.05, 0) is 48.4 Å². The highest BCUT2D eigenvalue weighted by molar-refractivity contribution is 6.20. The largest absolute Gasteiger partial charge is 0.494 e. The fourth-order valence-corrected chi connectivity index (χ4v) is 1.95. The lowest BCUT2D eigenvalue weighted by Crippen LogP contribution is -2.00. The lowest BCUT2D eigenvalue weighted by molar-refractivity contribution is -0.130. The van der Waals surface area contributed by atoms with Gasteiger partial charge in [-0.15, -0.1) is 0 Å². The van der Waals surface area contributed by atoms with Gasteiger partial charge in [0.05, 0.1) is 12.2 Å². The smallest absolute Gasteiger partial charge is 0.336 e. The molecule has 3 nitrogen and oxygen atoms in total. The van der Waals surface area contributed by atoms with Gasteiger partial charge in [0.25, 0.3) is 0 Å². The van der Waals surface area contributed by atoms with E-state index in [2.05, 4.69) is 0 Å². The van der Waals surface area contributed by atoms with Gasteiger partial charge in [0.2, 0.25) is 0 Å². The molecule has 0 heterocycles. The predicted molar refractivity (Wildman–Crippen MR) is 79.5 cm³/mol. The summed E-state index contributed by atoms with van der Waals surface area (Å²) in [6.07, 6.45) is 1.50. The Morgan fingerprint density at radius 3 is 2.67 bits per heavy atom. The topological polar surface area (TPSA) is 46.5 Å². The third-order valence-corrected chi connectivity index (χ3v) is 2.85. The number of halogens is 1. The van der Waals surface area contributed by atoms with Crippen molar-refractivity contribution in [3.05, 3.63) is 65.5 Å². The first-order valence-electron chi connectivity index (χ1n) is 6.54. The molecule has 0 unspecified atom stereocenters. The molecular weight excluding hydrogens is 271 g/mol. The van der Waals surface area contributed by atoms with Crippen LogP contribution in [0.3, 0.4) is 0 Å². The van der Waals surface area contributed by atoms with Crippen molar-refractivity contribution < 1.29 is 19.0 Å². The van der Waals surface area contributed by atoms with Gasteiger partial charge in [-0.3, -0.25) is 0 Å². The van der Waals surface area contributed by atoms with E-state index in [0.717, 1.165) is 0 Å². The number of ether oxygens (including phenoxy) is 1. The van der Waals surface area contributed by atoms with Gasteiger partial charge >= 0.3 is 5.97 Å². The zero-order chi connectivity index (χ0) is 15.2. The van der Waals surface area contributed by atoms with Crippen LogP contribution in [0.2, 0.25) is 0 Å². The SMILES string of the molecule is CCOc1cccc(/C=C(/C(=O)O)c2cccc(F)c2)c1. The molecule has 1 N–H and O–H groups in total. The molecule has 0 aromatic heterocycles. The van der Waals surface area contributed by atoms with E-state index >= 15 is 0 Å². The van der Waals surface area contributed by atoms with Crippen molar-refractivity contribution in [3.63, 3.8) is 0 Å². The van der Waals surface area contributed by atoms with E-state index in [1.807, 2.05) is 6.92 Å². The van der Waals surface area contributed by atoms with Crippen LogP contribution in [0.25, 0.3) is 11.6 Å². The summed E-state index contributed by atoms with van der Waals surface area (Å²) in [6.45, 7) is 2.40. The first-order chi connectivity index (χ1) is 10.1. The average molecular weight is 286 g/mol. The molecule has 0 saturated heterocycles. The van der Waals surface area contributed by atoms with Gasteiger partial charge in [-0.1, -0.05) is 24.3 Å². The van der Waals surface area contributed by atoms with Gasteiger partial charge < -0.3 is 9.84 Å². The maximum atomic E-state index is 13.3. The molecule has 0 aliphatic carbocycles. The summed E-state index contributed by atoms with van der Waals surface area (Å²) >= 11 is 0. The van der Waals surface area contributed by atoms with Crippen LogP contribution in [-0.2, 0) is 4.79 Å². The van der Waals surface area contributed by atoms with Gasteiger partial charge in [0.1, 0.15) is 11.6 Å². The van der Waals surface area contributed by atoms with Crippen LogP contribution in [0.15, 0.2) is 48.5 Å². The van der Waals surface area contributed by atoms with Gasteiger partial charge in [-0.25, -0.2) is 9.18 Å². The molecule has 0 spiro atoms. The maximum absolute atomic E-state index is 13.3. The van der Waals surface area contributed by atoms with Crippen LogP contribution in [0.4, 0.5) is 4.39 Å². The molecule has 108 valence electrons. The number of carbonyl (C=O) groups is 1. The Kier molecular flexibility index (Phi) is 4.72. The number of hydrogen-bond acceptors (Lipinski definition) is 2. The Balaban J connectivity index is 2.42. The van der Waals surface area contributed by atoms with Crippen LogP contribution in [-0.4, -0.2) is 17.7 Å². The fraction of sp³-hybridized carbons (Fsp3) is 0.118. The minimum Gasteiger partial charge on any atom is -0.494 e. The first-order valence-corrected chi connectivity index (χ1v) is 6.54. The van der Waals surface area contributed by atoms with Gasteiger partial charge in [0, 0.05) is 0 Å². The quantitative estimate of drug-likeness (QED) is 0.671. The van der Waals surface area contributed by atoms with Crippen molar-refractivity contribution in [3.8, 4) is 5.75 Å². The van der Waals surface area contributed by atoms with Crippen molar-refractivity contribution >= 4 is 17.6 Å². The molecule has 0 atom stereocenters. The van der Waals surface area contributed by atoms with E-state index in [0.29, 0.717) is 23.5 Å². The Morgan fingerprint density at radius 2 is 2.00 bits per heavy atom. The van der Waals surface area contributed by atoms with E-state index in [4.69, 9.17) is 4.74 Å². The van der Waals surface area contributed by atoms with E-state index in [-0.39, 0.29) is 5.57 Å². The minimum absolute atomic E-state index is 0.0307. The van der Waals surface area contributed by atoms with Crippen LogP contribution in [0.5, 0.6) is 5.75 Å². The molecule has 0 amide bonds. The molecular formula is C17H15FO3. The van der Waals surface area contributed by atoms with Gasteiger partial charge in [0.15, 0.2) is 0 Å². The Hall–Kier alpha value is -2.62. The molecule has 0 radical (unpaired) electrons. The Morgan fingerprint density at radius 1 is 1.24 bits per heavy atom. The summed E-state index contributed by atoms with van der Waals surface area (Å²) in [5.41, 5.74) is 1.04. The monoisotopic (exact) mass is 286 g/mol. The summed E-state index contributed by atoms with van der Waals surface area (Å²) in [4.78, 5) is 11.4. The first kappa shape index (κ1) is 14.8. The number of carboxylic acids is 1. The summed E-state index contributed by atoms with van der Waals surface area (Å²) in [6, 6.07) is 12.6. The van der Waals surface area contributed by atoms with Crippen LogP contribution in [0, 0.1) is 5.82 Å². The van der Waals surface area contributed by atoms with Crippen molar-refractivity contribution in [1.82, 2.24) is 0 Å². The normalized spacial score (nSPS) is 11.2. The highest BCUT2D eigenvalue weighted by atomic mass is 19.1. The van der Waals surface area contributed by atoms with E-state index in [1.165, 1.54) is 24.3 Å². The molecule has 0 aliphatic heterocycles. The van der Waals surface area contributed by atoms with Crippen LogP contribution >= 0.6 is 0 Å². The van der Waals surface area contributed by atoms with E-state index in [9.17, 15) is 14.3 Å². The van der Waals surface area contributed by atoms with Crippen molar-refractivity contribution in [1.29, 1.82) is 0 Å². The van der Waals surface area contributed by atoms with Crippen LogP contribution in [0.1, 0.15) is 18.1 Å². The number of hydrogen-bond donors (Lipinski definition) is 1. The summed E-state index contributed by atoms with van der Waals surface area (Å²) in [7, 11) is 0. The number of carboxylic acid groups (broad SMARTS) is 1. The molecule has 0 fully saturated rings. The Bertz CT molecular complexity index is 677. The third kappa shape index (κ3) is 3.92. The van der Waals surface area contributed by atoms with Crippen molar-refractivity contribution in [2.24, 2.45) is 0 Å². The highest BCUT2D eigenvalue weighted by Crippen LogP contribution is 2.22. The summed E-state index contributed by atoms with van der Waals surface area (Å²) in [5, 5.41) is 9.33. The molecule has 4 heteroatoms.